The number of hydrogen-bond acceptors (Lipinski definition) is 6. The molecule has 1 fully saturated rings. The molecule has 2 heterocycles. The smallest absolute Gasteiger partial charge is 0.228 e. The largest absolute Gasteiger partial charge is 0.295 e. The van der Waals surface area contributed by atoms with E-state index in [1.807, 2.05) is 6.07 Å². The molecule has 0 N–H and O–H groups in total. The summed E-state index contributed by atoms with van der Waals surface area (Å²) in [6.45, 7) is 2.00. The van der Waals surface area contributed by atoms with E-state index < -0.39 is 0 Å². The van der Waals surface area contributed by atoms with Crippen molar-refractivity contribution in [3.63, 3.8) is 0 Å². The van der Waals surface area contributed by atoms with Gasteiger partial charge < -0.3 is 0 Å². The number of nitriles is 1. The van der Waals surface area contributed by atoms with E-state index in [0.717, 1.165) is 0 Å². The van der Waals surface area contributed by atoms with Crippen molar-refractivity contribution in [3.8, 4) is 6.07 Å². The van der Waals surface area contributed by atoms with E-state index >= 15 is 0 Å². The molecule has 0 spiro atoms. The van der Waals surface area contributed by atoms with Gasteiger partial charge >= 0.3 is 0 Å². The van der Waals surface area contributed by atoms with Gasteiger partial charge in [0.25, 0.3) is 0 Å². The van der Waals surface area contributed by atoms with Crippen LogP contribution in [0.4, 0.5) is 5.82 Å². The van der Waals surface area contributed by atoms with Crippen molar-refractivity contribution in [2.45, 2.75) is 13.3 Å². The highest BCUT2D eigenvalue weighted by atomic mass is 32.2. The second-order valence-corrected chi connectivity index (χ2v) is 5.45. The Kier molecular flexibility index (Phi) is 4.12. The molecule has 98 valence electrons. The molecular weight excluding hydrogens is 264 g/mol. The van der Waals surface area contributed by atoms with Gasteiger partial charge in [-0.25, -0.2) is 9.97 Å². The molecule has 0 aliphatic carbocycles. The zero-order valence-corrected chi connectivity index (χ0v) is 11.2. The Morgan fingerprint density at radius 2 is 2.47 bits per heavy atom. The highest BCUT2D eigenvalue weighted by Gasteiger charge is 2.32. The van der Waals surface area contributed by atoms with Gasteiger partial charge in [-0.15, -0.1) is 0 Å². The fourth-order valence-electron chi connectivity index (χ4n) is 1.95. The van der Waals surface area contributed by atoms with Crippen molar-refractivity contribution in [2.24, 2.45) is 5.92 Å². The van der Waals surface area contributed by atoms with Crippen molar-refractivity contribution in [1.82, 2.24) is 9.97 Å². The van der Waals surface area contributed by atoms with Crippen LogP contribution in [0.5, 0.6) is 0 Å². The number of aromatic nitrogens is 2. The first-order chi connectivity index (χ1) is 9.11. The van der Waals surface area contributed by atoms with Crippen LogP contribution in [0.25, 0.3) is 0 Å². The van der Waals surface area contributed by atoms with Crippen LogP contribution >= 0.6 is 11.8 Å². The van der Waals surface area contributed by atoms with Crippen molar-refractivity contribution < 1.29 is 9.59 Å². The normalized spacial score (nSPS) is 18.4. The van der Waals surface area contributed by atoms with Gasteiger partial charge in [0.05, 0.1) is 6.20 Å². The summed E-state index contributed by atoms with van der Waals surface area (Å²) >= 11 is 1.22. The summed E-state index contributed by atoms with van der Waals surface area (Å²) in [7, 11) is 0. The summed E-state index contributed by atoms with van der Waals surface area (Å²) in [5.41, 5.74) is 0.288. The number of amides is 1. The topological polar surface area (TPSA) is 87.0 Å². The highest BCUT2D eigenvalue weighted by molar-refractivity contribution is 8.13. The van der Waals surface area contributed by atoms with E-state index in [1.165, 1.54) is 36.1 Å². The van der Waals surface area contributed by atoms with Gasteiger partial charge in [-0.2, -0.15) is 5.26 Å². The summed E-state index contributed by atoms with van der Waals surface area (Å²) in [5.74, 6) is 1.02. The van der Waals surface area contributed by atoms with E-state index in [2.05, 4.69) is 9.97 Å². The molecule has 0 radical (unpaired) electrons. The second-order valence-electron chi connectivity index (χ2n) is 4.25. The minimum absolute atomic E-state index is 0.0469. The Hall–Kier alpha value is -1.94. The Morgan fingerprint density at radius 1 is 1.68 bits per heavy atom. The van der Waals surface area contributed by atoms with E-state index in [-0.39, 0.29) is 22.5 Å². The van der Waals surface area contributed by atoms with E-state index in [4.69, 9.17) is 5.26 Å². The lowest BCUT2D eigenvalue weighted by atomic mass is 10.1. The first kappa shape index (κ1) is 13.5. The summed E-state index contributed by atoms with van der Waals surface area (Å²) in [4.78, 5) is 32.2. The second kappa shape index (κ2) is 5.80. The van der Waals surface area contributed by atoms with Crippen LogP contribution in [0.3, 0.4) is 0 Å². The Morgan fingerprint density at radius 3 is 3.16 bits per heavy atom. The molecule has 1 amide bonds. The molecule has 1 aliphatic heterocycles. The molecular formula is C12H12N4O2S. The first-order valence-corrected chi connectivity index (χ1v) is 6.74. The maximum absolute atomic E-state index is 12.0. The third kappa shape index (κ3) is 3.09. The van der Waals surface area contributed by atoms with Crippen molar-refractivity contribution >= 4 is 28.6 Å². The maximum atomic E-state index is 12.0. The maximum Gasteiger partial charge on any atom is 0.228 e. The average Bonchev–Trinajstić information content (AvgIpc) is 2.77. The van der Waals surface area contributed by atoms with Gasteiger partial charge in [-0.05, 0) is 5.92 Å². The molecule has 1 saturated heterocycles. The third-order valence-electron chi connectivity index (χ3n) is 2.79. The SMILES string of the molecule is CC(=O)SCC1CC(=O)N(c2ncncc2C#N)C1. The standard InChI is InChI=1S/C12H12N4O2S/c1-8(17)19-6-9-2-11(18)16(5-9)12-10(3-13)4-14-7-15-12/h4,7,9H,2,5-6H2,1H3. The number of carbonyl (C=O) groups excluding carboxylic acids is 2. The quantitative estimate of drug-likeness (QED) is 0.818. The number of hydrogen-bond donors (Lipinski definition) is 0. The Balaban J connectivity index is 2.12. The van der Waals surface area contributed by atoms with Crippen molar-refractivity contribution in [3.05, 3.63) is 18.1 Å². The van der Waals surface area contributed by atoms with Crippen molar-refractivity contribution in [1.29, 1.82) is 5.26 Å². The summed E-state index contributed by atoms with van der Waals surface area (Å²) in [6, 6.07) is 1.98. The molecule has 0 bridgehead atoms. The number of nitrogens with zero attached hydrogens (tertiary/aromatic N) is 4. The van der Waals surface area contributed by atoms with Crippen LogP contribution in [-0.2, 0) is 9.59 Å². The van der Waals surface area contributed by atoms with E-state index in [9.17, 15) is 9.59 Å². The highest BCUT2D eigenvalue weighted by Crippen LogP contribution is 2.27. The molecule has 6 nitrogen and oxygen atoms in total. The molecule has 0 aromatic carbocycles. The molecule has 1 aromatic heterocycles. The number of rotatable bonds is 3. The number of anilines is 1. The first-order valence-electron chi connectivity index (χ1n) is 5.75. The Labute approximate surface area is 114 Å². The lowest BCUT2D eigenvalue weighted by Gasteiger charge is -2.15. The minimum atomic E-state index is -0.0654. The monoisotopic (exact) mass is 276 g/mol. The van der Waals surface area contributed by atoms with Crippen LogP contribution in [-0.4, -0.2) is 33.3 Å². The van der Waals surface area contributed by atoms with Crippen LogP contribution in [0.2, 0.25) is 0 Å². The summed E-state index contributed by atoms with van der Waals surface area (Å²) in [5, 5.41) is 9.04. The van der Waals surface area contributed by atoms with Crippen molar-refractivity contribution in [2.75, 3.05) is 17.2 Å². The van der Waals surface area contributed by atoms with Gasteiger partial charge in [0.2, 0.25) is 5.91 Å². The van der Waals surface area contributed by atoms with Crippen LogP contribution in [0.15, 0.2) is 12.5 Å². The van der Waals surface area contributed by atoms with E-state index in [1.54, 1.807) is 0 Å². The fraction of sp³-hybridized carbons (Fsp3) is 0.417. The van der Waals surface area contributed by atoms with E-state index in [0.29, 0.717) is 24.5 Å². The van der Waals surface area contributed by atoms with Crippen LogP contribution in [0.1, 0.15) is 18.9 Å². The average molecular weight is 276 g/mol. The lowest BCUT2D eigenvalue weighted by Crippen LogP contribution is -2.26. The molecule has 1 atom stereocenters. The molecule has 1 aromatic rings. The van der Waals surface area contributed by atoms with Gasteiger partial charge in [-0.3, -0.25) is 14.5 Å². The predicted molar refractivity (Wildman–Crippen MR) is 70.3 cm³/mol. The zero-order valence-electron chi connectivity index (χ0n) is 10.4. The minimum Gasteiger partial charge on any atom is -0.295 e. The third-order valence-corrected chi connectivity index (χ3v) is 3.84. The molecule has 2 rings (SSSR count). The van der Waals surface area contributed by atoms with Gasteiger partial charge in [-0.1, -0.05) is 11.8 Å². The number of carbonyl (C=O) groups is 2. The fourth-order valence-corrected chi connectivity index (χ4v) is 2.64. The molecule has 19 heavy (non-hydrogen) atoms. The van der Waals surface area contributed by atoms with Gasteiger partial charge in [0.1, 0.15) is 18.0 Å². The summed E-state index contributed by atoms with van der Waals surface area (Å²) in [6.07, 6.45) is 3.10. The van der Waals surface area contributed by atoms with Gasteiger partial charge in [0, 0.05) is 25.6 Å². The number of thioether (sulfide) groups is 1. The lowest BCUT2D eigenvalue weighted by molar-refractivity contribution is -0.117. The Bertz CT molecular complexity index is 555. The molecule has 0 saturated carbocycles. The predicted octanol–water partition coefficient (Wildman–Crippen LogP) is 0.981. The summed E-state index contributed by atoms with van der Waals surface area (Å²) < 4.78 is 0. The zero-order chi connectivity index (χ0) is 13.8. The van der Waals surface area contributed by atoms with Gasteiger partial charge in [0.15, 0.2) is 10.9 Å². The van der Waals surface area contributed by atoms with Crippen LogP contribution in [0, 0.1) is 17.2 Å². The molecule has 1 aliphatic rings. The van der Waals surface area contributed by atoms with Crippen LogP contribution < -0.4 is 4.90 Å². The molecule has 7 heteroatoms. The molecule has 1 unspecified atom stereocenters.